The second kappa shape index (κ2) is 6.56. The molecule has 96 valence electrons. The smallest absolute Gasteiger partial charge is 0.0697 e. The molecule has 0 aromatic heterocycles. The summed E-state index contributed by atoms with van der Waals surface area (Å²) in [5, 5.41) is 0. The maximum Gasteiger partial charge on any atom is 0.162 e. The highest BCUT2D eigenvalue weighted by atomic mass is 80.0. The summed E-state index contributed by atoms with van der Waals surface area (Å²) in [6.07, 6.45) is 0.787. The fourth-order valence-electron chi connectivity index (χ4n) is 1.17. The van der Waals surface area contributed by atoms with Crippen LogP contribution in [0.5, 0.6) is 0 Å². The molecular formula is C10H7Br7. The van der Waals surface area contributed by atoms with Crippen molar-refractivity contribution in [3.8, 4) is 0 Å². The first-order valence-corrected chi connectivity index (χ1v) is 9.99. The largest absolute Gasteiger partial charge is 0.162 e. The van der Waals surface area contributed by atoms with Crippen LogP contribution in [0.4, 0.5) is 0 Å². The third-order valence-electron chi connectivity index (χ3n) is 2.08. The molecule has 0 atom stereocenters. The Labute approximate surface area is 160 Å². The van der Waals surface area contributed by atoms with Crippen molar-refractivity contribution in [3.63, 3.8) is 0 Å². The molecule has 1 rings (SSSR count). The highest BCUT2D eigenvalue weighted by Crippen LogP contribution is 2.63. The van der Waals surface area contributed by atoms with Crippen LogP contribution in [-0.2, 0) is 6.42 Å². The van der Waals surface area contributed by atoms with Crippen molar-refractivity contribution >= 4 is 112 Å². The third kappa shape index (κ3) is 4.53. The van der Waals surface area contributed by atoms with E-state index in [2.05, 4.69) is 124 Å². The van der Waals surface area contributed by atoms with Gasteiger partial charge >= 0.3 is 0 Å². The summed E-state index contributed by atoms with van der Waals surface area (Å²) in [7, 11) is 0. The molecule has 0 aliphatic heterocycles. The van der Waals surface area contributed by atoms with Gasteiger partial charge in [-0.05, 0) is 12.0 Å². The fourth-order valence-corrected chi connectivity index (χ4v) is 5.30. The molecule has 0 aliphatic carbocycles. The Morgan fingerprint density at radius 1 is 0.765 bits per heavy atom. The molecule has 0 unspecified atom stereocenters. The summed E-state index contributed by atoms with van der Waals surface area (Å²) in [6, 6.07) is 10.2. The molecule has 0 radical (unpaired) electrons. The van der Waals surface area contributed by atoms with E-state index < -0.39 is 8.61 Å². The van der Waals surface area contributed by atoms with Crippen LogP contribution in [0.1, 0.15) is 5.56 Å². The maximum atomic E-state index is 3.71. The van der Waals surface area contributed by atoms with Crippen LogP contribution in [0.25, 0.3) is 0 Å². The minimum atomic E-state index is -0.512. The molecule has 0 spiro atoms. The van der Waals surface area contributed by atoms with Crippen LogP contribution < -0.4 is 0 Å². The molecule has 0 heterocycles. The Hall–Kier alpha value is 2.58. The van der Waals surface area contributed by atoms with Gasteiger partial charge in [0.15, 0.2) is 2.14 Å². The van der Waals surface area contributed by atoms with E-state index in [4.69, 9.17) is 0 Å². The number of alkyl halides is 7. The van der Waals surface area contributed by atoms with Gasteiger partial charge in [-0.1, -0.05) is 142 Å². The Morgan fingerprint density at radius 3 is 1.65 bits per heavy atom. The predicted octanol–water partition coefficient (Wildman–Crippen LogP) is 7.04. The third-order valence-corrected chi connectivity index (χ3v) is 13.5. The number of benzene rings is 1. The van der Waals surface area contributed by atoms with Crippen LogP contribution in [0.15, 0.2) is 30.3 Å². The SMILES string of the molecule is BrC(Br)(Br)C(Br)(Br)C(Br)(Br)Cc1ccccc1. The van der Waals surface area contributed by atoms with Crippen LogP contribution in [0.3, 0.4) is 0 Å². The van der Waals surface area contributed by atoms with Crippen molar-refractivity contribution in [3.05, 3.63) is 35.9 Å². The Kier molecular flexibility index (Phi) is 6.81. The van der Waals surface area contributed by atoms with Gasteiger partial charge in [-0.2, -0.15) is 0 Å². The van der Waals surface area contributed by atoms with Crippen molar-refractivity contribution in [1.29, 1.82) is 0 Å². The lowest BCUT2D eigenvalue weighted by Gasteiger charge is -2.40. The van der Waals surface area contributed by atoms with Crippen molar-refractivity contribution in [2.45, 2.75) is 15.0 Å². The summed E-state index contributed by atoms with van der Waals surface area (Å²) >= 11 is 25.3. The first-order valence-electron chi connectivity index (χ1n) is 4.44. The molecule has 0 N–H and O–H groups in total. The van der Waals surface area contributed by atoms with Crippen LogP contribution in [0.2, 0.25) is 0 Å². The standard InChI is InChI=1S/C10H7Br7/c11-8(12,9(13,14)10(15,16)17)6-7-4-2-1-3-5-7/h1-5H,6H2. The van der Waals surface area contributed by atoms with Crippen molar-refractivity contribution in [2.75, 3.05) is 0 Å². The van der Waals surface area contributed by atoms with Crippen molar-refractivity contribution in [1.82, 2.24) is 0 Å². The highest BCUT2D eigenvalue weighted by Gasteiger charge is 2.56. The predicted molar refractivity (Wildman–Crippen MR) is 101 cm³/mol. The zero-order chi connectivity index (χ0) is 13.3. The average molecular weight is 686 g/mol. The zero-order valence-corrected chi connectivity index (χ0v) is 19.3. The first-order chi connectivity index (χ1) is 7.58. The molecule has 0 bridgehead atoms. The Morgan fingerprint density at radius 2 is 1.24 bits per heavy atom. The van der Waals surface area contributed by atoms with E-state index in [1.54, 1.807) is 0 Å². The van der Waals surface area contributed by atoms with Crippen LogP contribution in [-0.4, -0.2) is 8.61 Å². The van der Waals surface area contributed by atoms with E-state index >= 15 is 0 Å². The normalized spacial score (nSPS) is 13.8. The minimum Gasteiger partial charge on any atom is -0.0697 e. The zero-order valence-electron chi connectivity index (χ0n) is 8.24. The molecule has 0 amide bonds. The van der Waals surface area contributed by atoms with Gasteiger partial charge in [-0.15, -0.1) is 0 Å². The summed E-state index contributed by atoms with van der Waals surface area (Å²) in [5.41, 5.74) is 1.22. The summed E-state index contributed by atoms with van der Waals surface area (Å²) in [6.45, 7) is 0. The molecule has 1 aromatic carbocycles. The molecule has 0 saturated carbocycles. The number of rotatable bonds is 3. The van der Waals surface area contributed by atoms with Crippen LogP contribution in [0, 0.1) is 0 Å². The monoisotopic (exact) mass is 679 g/mol. The number of hydrogen-bond acceptors (Lipinski definition) is 0. The van der Waals surface area contributed by atoms with Gasteiger partial charge in [-0.25, -0.2) is 0 Å². The average Bonchev–Trinajstić information content (AvgIpc) is 2.16. The topological polar surface area (TPSA) is 0 Å². The minimum absolute atomic E-state index is 0.398. The summed E-state index contributed by atoms with van der Waals surface area (Å²) in [4.78, 5) is 0. The second-order valence-corrected chi connectivity index (χ2v) is 17.4. The van der Waals surface area contributed by atoms with E-state index in [1.165, 1.54) is 5.56 Å². The maximum absolute atomic E-state index is 3.71. The molecule has 7 heteroatoms. The van der Waals surface area contributed by atoms with Crippen molar-refractivity contribution in [2.24, 2.45) is 0 Å². The lowest BCUT2D eigenvalue weighted by Crippen LogP contribution is -2.45. The Bertz CT molecular complexity index is 366. The van der Waals surface area contributed by atoms with Gasteiger partial charge in [0.25, 0.3) is 0 Å². The van der Waals surface area contributed by atoms with Gasteiger partial charge in [0.1, 0.15) is 6.47 Å². The molecule has 0 fully saturated rings. The molecule has 0 nitrogen and oxygen atoms in total. The van der Waals surface area contributed by atoms with Gasteiger partial charge in [0.05, 0.1) is 0 Å². The second-order valence-electron chi connectivity index (χ2n) is 3.44. The molecule has 1 aromatic rings. The van der Waals surface area contributed by atoms with E-state index in [1.807, 2.05) is 18.2 Å². The molecular weight excluding hydrogens is 679 g/mol. The Balaban J connectivity index is 2.96. The molecule has 0 saturated heterocycles. The lowest BCUT2D eigenvalue weighted by atomic mass is 10.1. The summed E-state index contributed by atoms with van der Waals surface area (Å²) in [5.74, 6) is 0. The summed E-state index contributed by atoms with van der Waals surface area (Å²) < 4.78 is -1.41. The molecule has 17 heavy (non-hydrogen) atoms. The van der Waals surface area contributed by atoms with E-state index in [0.29, 0.717) is 0 Å². The molecule has 0 aliphatic rings. The quantitative estimate of drug-likeness (QED) is 0.300. The first kappa shape index (κ1) is 17.6. The van der Waals surface area contributed by atoms with Gasteiger partial charge in [0, 0.05) is 0 Å². The van der Waals surface area contributed by atoms with Gasteiger partial charge in [-0.3, -0.25) is 0 Å². The van der Waals surface area contributed by atoms with E-state index in [9.17, 15) is 0 Å². The number of halogens is 7. The van der Waals surface area contributed by atoms with E-state index in [0.717, 1.165) is 6.42 Å². The van der Waals surface area contributed by atoms with Gasteiger partial charge in [0.2, 0.25) is 0 Å². The van der Waals surface area contributed by atoms with Crippen LogP contribution >= 0.6 is 112 Å². The van der Waals surface area contributed by atoms with Crippen molar-refractivity contribution < 1.29 is 0 Å². The lowest BCUT2D eigenvalue weighted by molar-refractivity contribution is 0.771. The fraction of sp³-hybridized carbons (Fsp3) is 0.400. The van der Waals surface area contributed by atoms with Gasteiger partial charge < -0.3 is 0 Å². The number of hydrogen-bond donors (Lipinski definition) is 0. The van der Waals surface area contributed by atoms with E-state index in [-0.39, 0.29) is 0 Å². The highest BCUT2D eigenvalue weighted by molar-refractivity contribution is 9.42.